The van der Waals surface area contributed by atoms with Gasteiger partial charge in [-0.3, -0.25) is 19.8 Å². The van der Waals surface area contributed by atoms with Gasteiger partial charge in [0.25, 0.3) is 5.91 Å². The van der Waals surface area contributed by atoms with Crippen molar-refractivity contribution in [2.75, 3.05) is 7.11 Å². The van der Waals surface area contributed by atoms with Gasteiger partial charge < -0.3 is 19.2 Å². The minimum Gasteiger partial charge on any atom is -0.463 e. The third kappa shape index (κ3) is 4.82. The second-order valence-electron chi connectivity index (χ2n) is 7.35. The number of hydrogen-bond acceptors (Lipinski definition) is 9. The van der Waals surface area contributed by atoms with E-state index >= 15 is 0 Å². The molecule has 0 bridgehead atoms. The summed E-state index contributed by atoms with van der Waals surface area (Å²) < 4.78 is 15.2. The Morgan fingerprint density at radius 2 is 1.81 bits per heavy atom. The Balaban J connectivity index is 1.62. The van der Waals surface area contributed by atoms with E-state index < -0.39 is 40.2 Å². The largest absolute Gasteiger partial charge is 0.463 e. The molecule has 1 fully saturated rings. The van der Waals surface area contributed by atoms with E-state index in [-0.39, 0.29) is 34.9 Å². The number of methoxy groups -OCH3 is 1. The van der Waals surface area contributed by atoms with Crippen molar-refractivity contribution in [1.82, 2.24) is 10.2 Å². The van der Waals surface area contributed by atoms with Crippen LogP contribution < -0.4 is 10.1 Å². The van der Waals surface area contributed by atoms with E-state index in [0.29, 0.717) is 0 Å². The molecule has 3 aromatic rings. The summed E-state index contributed by atoms with van der Waals surface area (Å²) in [6.07, 6.45) is 1.17. The van der Waals surface area contributed by atoms with E-state index in [2.05, 4.69) is 10.1 Å². The number of nitro groups is 1. The predicted octanol–water partition coefficient (Wildman–Crippen LogP) is 3.29. The summed E-state index contributed by atoms with van der Waals surface area (Å²) in [4.78, 5) is 61.1. The Hall–Kier alpha value is -5.26. The van der Waals surface area contributed by atoms with Crippen molar-refractivity contribution < 1.29 is 38.0 Å². The van der Waals surface area contributed by atoms with Crippen molar-refractivity contribution in [1.29, 1.82) is 0 Å². The summed E-state index contributed by atoms with van der Waals surface area (Å²) in [5.74, 6) is -2.67. The average molecular weight is 491 g/mol. The maximum atomic E-state index is 12.9. The highest BCUT2D eigenvalue weighted by Crippen LogP contribution is 2.33. The van der Waals surface area contributed by atoms with Gasteiger partial charge >= 0.3 is 23.7 Å². The van der Waals surface area contributed by atoms with Crippen molar-refractivity contribution in [3.05, 3.63) is 99.1 Å². The summed E-state index contributed by atoms with van der Waals surface area (Å²) >= 11 is 0. The van der Waals surface area contributed by atoms with Crippen molar-refractivity contribution in [2.45, 2.75) is 6.54 Å². The fourth-order valence-electron chi connectivity index (χ4n) is 3.34. The molecule has 0 spiro atoms. The van der Waals surface area contributed by atoms with Gasteiger partial charge in [-0.1, -0.05) is 30.3 Å². The molecule has 0 aliphatic carbocycles. The minimum atomic E-state index is -0.841. The van der Waals surface area contributed by atoms with Crippen LogP contribution in [0.3, 0.4) is 0 Å². The predicted molar refractivity (Wildman–Crippen MR) is 122 cm³/mol. The number of nitro benzene ring substituents is 1. The van der Waals surface area contributed by atoms with Crippen LogP contribution in [0.15, 0.2) is 70.8 Å². The molecule has 12 heteroatoms. The lowest BCUT2D eigenvalue weighted by Crippen LogP contribution is -2.30. The number of carbonyl (C=O) groups excluding carboxylic acids is 4. The lowest BCUT2D eigenvalue weighted by Gasteiger charge is -2.10. The molecule has 4 rings (SSSR count). The molecule has 1 aliphatic rings. The van der Waals surface area contributed by atoms with E-state index in [9.17, 15) is 29.3 Å². The lowest BCUT2D eigenvalue weighted by molar-refractivity contribution is -0.385. The van der Waals surface area contributed by atoms with Gasteiger partial charge in [-0.15, -0.1) is 0 Å². The summed E-state index contributed by atoms with van der Waals surface area (Å²) in [6.45, 7) is -0.288. The van der Waals surface area contributed by atoms with Crippen LogP contribution in [0.5, 0.6) is 5.75 Å². The van der Waals surface area contributed by atoms with Crippen LogP contribution in [0.25, 0.3) is 6.08 Å². The highest BCUT2D eigenvalue weighted by atomic mass is 16.6. The molecule has 3 amide bonds. The average Bonchev–Trinajstić information content (AvgIpc) is 3.45. The van der Waals surface area contributed by atoms with Gasteiger partial charge in [0, 0.05) is 11.6 Å². The first kappa shape index (κ1) is 23.9. The molecule has 1 N–H and O–H groups in total. The number of nitrogens with zero attached hydrogens (tertiary/aromatic N) is 2. The van der Waals surface area contributed by atoms with Crippen molar-refractivity contribution in [2.24, 2.45) is 0 Å². The topological polar surface area (TPSA) is 158 Å². The number of hydrogen-bond donors (Lipinski definition) is 1. The summed E-state index contributed by atoms with van der Waals surface area (Å²) in [7, 11) is 1.18. The fourth-order valence-corrected chi connectivity index (χ4v) is 3.34. The number of ether oxygens (including phenoxy) is 2. The number of carbonyl (C=O) groups is 4. The quantitative estimate of drug-likeness (QED) is 0.131. The molecule has 1 aromatic heterocycles. The fraction of sp³-hybridized carbons (Fsp3) is 0.0833. The lowest BCUT2D eigenvalue weighted by atomic mass is 10.1. The molecular weight excluding hydrogens is 474 g/mol. The van der Waals surface area contributed by atoms with Crippen LogP contribution in [0.4, 0.5) is 10.5 Å². The van der Waals surface area contributed by atoms with Crippen LogP contribution >= 0.6 is 0 Å². The smallest absolute Gasteiger partial charge is 0.373 e. The molecule has 1 saturated heterocycles. The van der Waals surface area contributed by atoms with Crippen LogP contribution in [0.1, 0.15) is 32.2 Å². The zero-order valence-electron chi connectivity index (χ0n) is 18.6. The molecule has 2 heterocycles. The van der Waals surface area contributed by atoms with Crippen LogP contribution in [-0.2, 0) is 16.1 Å². The second kappa shape index (κ2) is 9.93. The minimum absolute atomic E-state index is 0.0185. The highest BCUT2D eigenvalue weighted by Gasteiger charge is 2.35. The Morgan fingerprint density at radius 1 is 1.06 bits per heavy atom. The van der Waals surface area contributed by atoms with Crippen LogP contribution in [-0.4, -0.2) is 40.8 Å². The third-order valence-corrected chi connectivity index (χ3v) is 5.05. The van der Waals surface area contributed by atoms with E-state index in [1.165, 1.54) is 49.6 Å². The summed E-state index contributed by atoms with van der Waals surface area (Å²) in [5, 5.41) is 14.0. The maximum Gasteiger partial charge on any atom is 0.373 e. The van der Waals surface area contributed by atoms with E-state index in [4.69, 9.17) is 9.15 Å². The van der Waals surface area contributed by atoms with Gasteiger partial charge in [-0.25, -0.2) is 14.4 Å². The number of amides is 3. The number of para-hydroxylation sites is 1. The molecule has 0 atom stereocenters. The molecular formula is C24H17N3O9. The first-order chi connectivity index (χ1) is 17.3. The van der Waals surface area contributed by atoms with Gasteiger partial charge in [0.2, 0.25) is 11.5 Å². The zero-order valence-corrected chi connectivity index (χ0v) is 18.6. The molecule has 2 aromatic carbocycles. The summed E-state index contributed by atoms with van der Waals surface area (Å²) in [6, 6.07) is 13.7. The van der Waals surface area contributed by atoms with Crippen LogP contribution in [0, 0.1) is 10.1 Å². The van der Waals surface area contributed by atoms with E-state index in [0.717, 1.165) is 11.0 Å². The van der Waals surface area contributed by atoms with Gasteiger partial charge in [-0.05, 0) is 30.3 Å². The second-order valence-corrected chi connectivity index (χ2v) is 7.35. The first-order valence-corrected chi connectivity index (χ1v) is 10.3. The Kier molecular flexibility index (Phi) is 6.59. The molecule has 1 aliphatic heterocycles. The Labute approximate surface area is 202 Å². The monoisotopic (exact) mass is 491 g/mol. The number of rotatable bonds is 7. The van der Waals surface area contributed by atoms with Gasteiger partial charge in [-0.2, -0.15) is 0 Å². The first-order valence-electron chi connectivity index (χ1n) is 10.3. The molecule has 12 nitrogen and oxygen atoms in total. The maximum absolute atomic E-state index is 12.9. The molecule has 0 saturated carbocycles. The Bertz CT molecular complexity index is 1410. The number of esters is 2. The SMILES string of the molecule is COC(=O)c1ccc(CN2C(=O)NC(=Cc3cccc([N+](=O)[O-])c3OC(=O)c3ccccc3)C2=O)o1. The van der Waals surface area contributed by atoms with Gasteiger partial charge in [0.1, 0.15) is 11.5 Å². The van der Waals surface area contributed by atoms with E-state index in [1.807, 2.05) is 0 Å². The highest BCUT2D eigenvalue weighted by molar-refractivity contribution is 6.14. The van der Waals surface area contributed by atoms with E-state index in [1.54, 1.807) is 18.2 Å². The van der Waals surface area contributed by atoms with Gasteiger partial charge in [0.05, 0.1) is 24.1 Å². The van der Waals surface area contributed by atoms with Crippen molar-refractivity contribution in [3.63, 3.8) is 0 Å². The van der Waals surface area contributed by atoms with Crippen LogP contribution in [0.2, 0.25) is 0 Å². The molecule has 0 unspecified atom stereocenters. The number of furan rings is 1. The molecule has 36 heavy (non-hydrogen) atoms. The summed E-state index contributed by atoms with van der Waals surface area (Å²) in [5.41, 5.74) is -0.536. The van der Waals surface area contributed by atoms with Crippen molar-refractivity contribution in [3.8, 4) is 5.75 Å². The normalized spacial score (nSPS) is 14.0. The zero-order chi connectivity index (χ0) is 25.8. The standard InChI is InChI=1S/C24H17N3O9/c1-34-23(30)19-11-10-16(35-19)13-26-21(28)17(25-24(26)31)12-15-8-5-9-18(27(32)33)20(15)36-22(29)14-6-3-2-4-7-14/h2-12H,13H2,1H3,(H,25,31). The molecule has 0 radical (unpaired) electrons. The number of nitrogens with one attached hydrogen (secondary N) is 1. The third-order valence-electron chi connectivity index (χ3n) is 5.05. The Morgan fingerprint density at radius 3 is 2.50 bits per heavy atom. The number of imide groups is 1. The number of urea groups is 1. The van der Waals surface area contributed by atoms with Crippen molar-refractivity contribution >= 4 is 35.6 Å². The van der Waals surface area contributed by atoms with Gasteiger partial charge in [0.15, 0.2) is 0 Å². The molecule has 182 valence electrons. The number of benzene rings is 2.